The predicted molar refractivity (Wildman–Crippen MR) is 130 cm³/mol. The van der Waals surface area contributed by atoms with Crippen LogP contribution in [0.4, 0.5) is 10.5 Å². The van der Waals surface area contributed by atoms with Gasteiger partial charge in [-0.15, -0.1) is 0 Å². The Hall–Kier alpha value is -4.24. The van der Waals surface area contributed by atoms with Crippen LogP contribution in [-0.4, -0.2) is 66.2 Å². The molecule has 2 amide bonds. The van der Waals surface area contributed by atoms with Crippen LogP contribution in [0.2, 0.25) is 0 Å². The lowest BCUT2D eigenvalue weighted by molar-refractivity contribution is -0.139. The van der Waals surface area contributed by atoms with Crippen LogP contribution in [-0.2, 0) is 9.53 Å². The van der Waals surface area contributed by atoms with Gasteiger partial charge in [0.25, 0.3) is 5.91 Å². The number of likely N-dealkylation sites (N-methyl/N-ethyl adjacent to an activating group) is 1. The molecule has 1 aliphatic carbocycles. The third-order valence-corrected chi connectivity index (χ3v) is 5.74. The first kappa shape index (κ1) is 23.9. The van der Waals surface area contributed by atoms with Gasteiger partial charge in [-0.3, -0.25) is 10.1 Å². The van der Waals surface area contributed by atoms with Crippen LogP contribution in [0.5, 0.6) is 0 Å². The fraction of sp³-hybridized carbons (Fsp3) is 0.231. The Morgan fingerprint density at radius 2 is 1.63 bits per heavy atom. The Balaban J connectivity index is 1.35. The van der Waals surface area contributed by atoms with E-state index >= 15 is 0 Å². The number of anilines is 1. The Labute approximate surface area is 202 Å². The first-order valence-corrected chi connectivity index (χ1v) is 11.1. The van der Waals surface area contributed by atoms with Gasteiger partial charge in [-0.05, 0) is 48.5 Å². The average Bonchev–Trinajstić information content (AvgIpc) is 3.16. The highest BCUT2D eigenvalue weighted by atomic mass is 16.5. The SMILES string of the molecule is CN(C)C[C@H](NC(=O)c1ccc(NC(=O)OCC2c3ccccc3-c3ccccc32)cn1)C(=O)O. The molecule has 3 N–H and O–H groups in total. The molecule has 2 aromatic carbocycles. The number of fused-ring (bicyclic) bond motifs is 3. The van der Waals surface area contributed by atoms with Crippen LogP contribution in [0.15, 0.2) is 66.9 Å². The van der Waals surface area contributed by atoms with Gasteiger partial charge in [0.05, 0.1) is 11.9 Å². The van der Waals surface area contributed by atoms with E-state index in [1.807, 2.05) is 36.4 Å². The molecule has 0 unspecified atom stereocenters. The second-order valence-corrected chi connectivity index (χ2v) is 8.51. The zero-order chi connectivity index (χ0) is 24.9. The second kappa shape index (κ2) is 10.4. The van der Waals surface area contributed by atoms with E-state index in [9.17, 15) is 19.5 Å². The van der Waals surface area contributed by atoms with E-state index in [0.29, 0.717) is 5.69 Å². The minimum atomic E-state index is -1.14. The summed E-state index contributed by atoms with van der Waals surface area (Å²) in [4.78, 5) is 41.8. The van der Waals surface area contributed by atoms with Gasteiger partial charge in [-0.25, -0.2) is 14.6 Å². The van der Waals surface area contributed by atoms with Crippen LogP contribution >= 0.6 is 0 Å². The topological polar surface area (TPSA) is 121 Å². The standard InChI is InChI=1S/C26H26N4O5/c1-30(2)14-23(25(32)33)29-24(31)22-12-11-16(13-27-22)28-26(34)35-15-21-19-9-5-3-7-17(19)18-8-4-6-10-20(18)21/h3-13,21,23H,14-15H2,1-2H3,(H,28,34)(H,29,31)(H,32,33)/t23-/m0/s1. The maximum Gasteiger partial charge on any atom is 0.411 e. The van der Waals surface area contributed by atoms with E-state index in [2.05, 4.69) is 27.8 Å². The second-order valence-electron chi connectivity index (χ2n) is 8.51. The number of pyridine rings is 1. The molecule has 1 heterocycles. The van der Waals surface area contributed by atoms with Crippen molar-refractivity contribution in [3.8, 4) is 11.1 Å². The quantitative estimate of drug-likeness (QED) is 0.458. The summed E-state index contributed by atoms with van der Waals surface area (Å²) in [5, 5.41) is 14.3. The molecule has 180 valence electrons. The Bertz CT molecular complexity index is 1200. The van der Waals surface area contributed by atoms with Crippen molar-refractivity contribution in [2.45, 2.75) is 12.0 Å². The van der Waals surface area contributed by atoms with Gasteiger partial charge in [0.1, 0.15) is 18.3 Å². The zero-order valence-electron chi connectivity index (χ0n) is 19.4. The number of amides is 2. The molecule has 1 aromatic heterocycles. The normalized spacial score (nSPS) is 13.0. The smallest absolute Gasteiger partial charge is 0.411 e. The Morgan fingerprint density at radius 3 is 2.17 bits per heavy atom. The number of rotatable bonds is 8. The summed E-state index contributed by atoms with van der Waals surface area (Å²) >= 11 is 0. The molecule has 0 spiro atoms. The van der Waals surface area contributed by atoms with E-state index in [1.165, 1.54) is 18.3 Å². The molecule has 1 aliphatic rings. The van der Waals surface area contributed by atoms with Gasteiger partial charge in [0, 0.05) is 12.5 Å². The van der Waals surface area contributed by atoms with Crippen molar-refractivity contribution in [2.75, 3.05) is 32.6 Å². The predicted octanol–water partition coefficient (Wildman–Crippen LogP) is 3.19. The maximum absolute atomic E-state index is 12.4. The fourth-order valence-electron chi connectivity index (χ4n) is 4.14. The van der Waals surface area contributed by atoms with E-state index in [4.69, 9.17) is 4.74 Å². The largest absolute Gasteiger partial charge is 0.480 e. The van der Waals surface area contributed by atoms with E-state index < -0.39 is 24.0 Å². The lowest BCUT2D eigenvalue weighted by Crippen LogP contribution is -2.47. The van der Waals surface area contributed by atoms with Crippen molar-refractivity contribution < 1.29 is 24.2 Å². The number of carbonyl (C=O) groups is 3. The number of carboxylic acid groups (broad SMARTS) is 1. The molecule has 4 rings (SSSR count). The summed E-state index contributed by atoms with van der Waals surface area (Å²) in [5.74, 6) is -1.81. The summed E-state index contributed by atoms with van der Waals surface area (Å²) in [6.45, 7) is 0.318. The van der Waals surface area contributed by atoms with Gasteiger partial charge in [0.2, 0.25) is 0 Å². The average molecular weight is 475 g/mol. The van der Waals surface area contributed by atoms with Gasteiger partial charge in [0.15, 0.2) is 0 Å². The summed E-state index contributed by atoms with van der Waals surface area (Å²) in [7, 11) is 3.42. The number of hydrogen-bond acceptors (Lipinski definition) is 6. The van der Waals surface area contributed by atoms with Gasteiger partial charge < -0.3 is 20.1 Å². The third kappa shape index (κ3) is 5.47. The minimum absolute atomic E-state index is 0.0353. The van der Waals surface area contributed by atoms with E-state index in [0.717, 1.165) is 22.3 Å². The molecule has 9 nitrogen and oxygen atoms in total. The molecule has 0 bridgehead atoms. The zero-order valence-corrected chi connectivity index (χ0v) is 19.4. The molecule has 9 heteroatoms. The molecule has 1 atom stereocenters. The van der Waals surface area contributed by atoms with Crippen LogP contribution in [0, 0.1) is 0 Å². The Kier molecular flexibility index (Phi) is 7.07. The third-order valence-electron chi connectivity index (χ3n) is 5.74. The highest BCUT2D eigenvalue weighted by Crippen LogP contribution is 2.44. The molecule has 0 saturated heterocycles. The van der Waals surface area contributed by atoms with Crippen molar-refractivity contribution >= 4 is 23.7 Å². The van der Waals surface area contributed by atoms with Crippen LogP contribution in [0.3, 0.4) is 0 Å². The monoisotopic (exact) mass is 474 g/mol. The lowest BCUT2D eigenvalue weighted by Gasteiger charge is -2.18. The molecule has 35 heavy (non-hydrogen) atoms. The minimum Gasteiger partial charge on any atom is -0.480 e. The van der Waals surface area contributed by atoms with Crippen LogP contribution in [0.25, 0.3) is 11.1 Å². The summed E-state index contributed by atoms with van der Waals surface area (Å²) < 4.78 is 5.51. The summed E-state index contributed by atoms with van der Waals surface area (Å²) in [6, 6.07) is 18.0. The summed E-state index contributed by atoms with van der Waals surface area (Å²) in [6.07, 6.45) is 0.681. The van der Waals surface area contributed by atoms with E-state index in [-0.39, 0.29) is 24.8 Å². The van der Waals surface area contributed by atoms with Crippen molar-refractivity contribution in [3.63, 3.8) is 0 Å². The number of ether oxygens (including phenoxy) is 1. The number of benzene rings is 2. The van der Waals surface area contributed by atoms with Crippen molar-refractivity contribution in [3.05, 3.63) is 83.7 Å². The number of nitrogens with zero attached hydrogens (tertiary/aromatic N) is 2. The molecular weight excluding hydrogens is 448 g/mol. The van der Waals surface area contributed by atoms with E-state index in [1.54, 1.807) is 19.0 Å². The van der Waals surface area contributed by atoms with Crippen LogP contribution in [0.1, 0.15) is 27.5 Å². The fourth-order valence-corrected chi connectivity index (χ4v) is 4.14. The number of carbonyl (C=O) groups excluding carboxylic acids is 2. The Morgan fingerprint density at radius 1 is 1.00 bits per heavy atom. The maximum atomic E-state index is 12.4. The first-order valence-electron chi connectivity index (χ1n) is 11.1. The number of nitrogens with one attached hydrogen (secondary N) is 2. The number of aliphatic carboxylic acids is 1. The van der Waals surface area contributed by atoms with Gasteiger partial charge in [-0.1, -0.05) is 48.5 Å². The van der Waals surface area contributed by atoms with Crippen molar-refractivity contribution in [1.29, 1.82) is 0 Å². The number of hydrogen-bond donors (Lipinski definition) is 3. The number of carboxylic acids is 1. The lowest BCUT2D eigenvalue weighted by atomic mass is 9.98. The molecule has 0 saturated carbocycles. The molecule has 0 radical (unpaired) electrons. The summed E-state index contributed by atoms with van der Waals surface area (Å²) in [5.41, 5.74) is 4.91. The van der Waals surface area contributed by atoms with Gasteiger partial charge in [-0.2, -0.15) is 0 Å². The van der Waals surface area contributed by atoms with Crippen molar-refractivity contribution in [1.82, 2.24) is 15.2 Å². The highest BCUT2D eigenvalue weighted by Gasteiger charge is 2.29. The molecule has 0 fully saturated rings. The molecule has 3 aromatic rings. The number of aromatic nitrogens is 1. The van der Waals surface area contributed by atoms with Crippen molar-refractivity contribution in [2.24, 2.45) is 0 Å². The van der Waals surface area contributed by atoms with Crippen LogP contribution < -0.4 is 10.6 Å². The molecule has 0 aliphatic heterocycles. The van der Waals surface area contributed by atoms with Gasteiger partial charge >= 0.3 is 12.1 Å². The molecular formula is C26H26N4O5. The first-order chi connectivity index (χ1) is 16.8. The highest BCUT2D eigenvalue weighted by molar-refractivity contribution is 5.95.